The van der Waals surface area contributed by atoms with Crippen molar-refractivity contribution in [2.24, 2.45) is 5.92 Å². The van der Waals surface area contributed by atoms with Crippen LogP contribution in [0.3, 0.4) is 0 Å². The summed E-state index contributed by atoms with van der Waals surface area (Å²) < 4.78 is 13.6. The van der Waals surface area contributed by atoms with Crippen LogP contribution in [0.15, 0.2) is 42.5 Å². The molecule has 1 aliphatic rings. The lowest BCUT2D eigenvalue weighted by atomic mass is 9.85. The van der Waals surface area contributed by atoms with E-state index >= 15 is 0 Å². The fourth-order valence-corrected chi connectivity index (χ4v) is 3.52. The predicted molar refractivity (Wildman–Crippen MR) is 93.6 cm³/mol. The second-order valence-electron chi connectivity index (χ2n) is 6.39. The lowest BCUT2D eigenvalue weighted by Gasteiger charge is -2.22. The number of carbonyl (C=O) groups excluding carboxylic acids is 1. The molecular formula is C20H16FN3O. The molecule has 1 aromatic heterocycles. The van der Waals surface area contributed by atoms with Crippen molar-refractivity contribution in [1.29, 1.82) is 5.26 Å². The van der Waals surface area contributed by atoms with Crippen LogP contribution in [-0.2, 0) is 17.6 Å². The minimum Gasteiger partial charge on any atom is -0.358 e. The van der Waals surface area contributed by atoms with Crippen molar-refractivity contribution in [3.8, 4) is 6.07 Å². The van der Waals surface area contributed by atoms with Crippen molar-refractivity contribution in [3.05, 3.63) is 65.1 Å². The molecule has 3 aromatic rings. The fraction of sp³-hybridized carbons (Fsp3) is 0.200. The summed E-state index contributed by atoms with van der Waals surface area (Å²) in [5.41, 5.74) is 4.17. The Kier molecular flexibility index (Phi) is 3.73. The lowest BCUT2D eigenvalue weighted by molar-refractivity contribution is -0.120. The number of benzene rings is 2. The highest BCUT2D eigenvalue weighted by molar-refractivity contribution is 5.94. The second kappa shape index (κ2) is 6.06. The van der Waals surface area contributed by atoms with E-state index in [2.05, 4.69) is 16.4 Å². The summed E-state index contributed by atoms with van der Waals surface area (Å²) in [4.78, 5) is 16.0. The molecule has 25 heavy (non-hydrogen) atoms. The Morgan fingerprint density at radius 1 is 1.28 bits per heavy atom. The Morgan fingerprint density at radius 3 is 3.00 bits per heavy atom. The molecule has 124 valence electrons. The van der Waals surface area contributed by atoms with Gasteiger partial charge in [-0.3, -0.25) is 4.79 Å². The van der Waals surface area contributed by atoms with Crippen LogP contribution < -0.4 is 5.32 Å². The summed E-state index contributed by atoms with van der Waals surface area (Å²) in [5.74, 6) is -0.499. The first-order valence-corrected chi connectivity index (χ1v) is 8.24. The number of aromatic nitrogens is 1. The van der Waals surface area contributed by atoms with E-state index in [1.165, 1.54) is 12.1 Å². The number of halogens is 1. The zero-order chi connectivity index (χ0) is 17.4. The molecule has 5 heteroatoms. The van der Waals surface area contributed by atoms with Gasteiger partial charge in [-0.1, -0.05) is 6.07 Å². The first-order chi connectivity index (χ1) is 12.1. The van der Waals surface area contributed by atoms with Gasteiger partial charge in [0.05, 0.1) is 11.6 Å². The third-order valence-electron chi connectivity index (χ3n) is 4.78. The molecule has 1 amide bonds. The first kappa shape index (κ1) is 15.4. The van der Waals surface area contributed by atoms with Gasteiger partial charge in [0.15, 0.2) is 0 Å². The van der Waals surface area contributed by atoms with Crippen LogP contribution in [0, 0.1) is 23.1 Å². The van der Waals surface area contributed by atoms with Gasteiger partial charge in [-0.2, -0.15) is 5.26 Å². The van der Waals surface area contributed by atoms with Gasteiger partial charge in [-0.25, -0.2) is 4.39 Å². The van der Waals surface area contributed by atoms with E-state index in [4.69, 9.17) is 5.26 Å². The Bertz CT molecular complexity index is 1020. The number of H-pyrrole nitrogens is 1. The lowest BCUT2D eigenvalue weighted by Crippen LogP contribution is -2.28. The Balaban J connectivity index is 1.57. The SMILES string of the molecule is N#Cc1cccc(NC(=O)C2CCc3[nH]c4ccc(F)cc4c3C2)c1. The van der Waals surface area contributed by atoms with E-state index < -0.39 is 0 Å². The molecule has 2 N–H and O–H groups in total. The van der Waals surface area contributed by atoms with Crippen LogP contribution >= 0.6 is 0 Å². The number of aromatic amines is 1. The van der Waals surface area contributed by atoms with E-state index in [9.17, 15) is 9.18 Å². The van der Waals surface area contributed by atoms with Crippen molar-refractivity contribution in [2.45, 2.75) is 19.3 Å². The number of nitriles is 1. The summed E-state index contributed by atoms with van der Waals surface area (Å²) in [7, 11) is 0. The molecule has 0 fully saturated rings. The Labute approximate surface area is 144 Å². The molecule has 0 aliphatic heterocycles. The molecule has 1 heterocycles. The van der Waals surface area contributed by atoms with Crippen molar-refractivity contribution >= 4 is 22.5 Å². The van der Waals surface area contributed by atoms with Gasteiger partial charge in [-0.15, -0.1) is 0 Å². The number of amides is 1. The highest BCUT2D eigenvalue weighted by atomic mass is 19.1. The van der Waals surface area contributed by atoms with E-state index in [0.29, 0.717) is 17.7 Å². The molecular weight excluding hydrogens is 317 g/mol. The summed E-state index contributed by atoms with van der Waals surface area (Å²) >= 11 is 0. The minimum absolute atomic E-state index is 0.0634. The van der Waals surface area contributed by atoms with Crippen molar-refractivity contribution < 1.29 is 9.18 Å². The van der Waals surface area contributed by atoms with Crippen LogP contribution in [0.25, 0.3) is 10.9 Å². The number of hydrogen-bond donors (Lipinski definition) is 2. The third kappa shape index (κ3) is 2.87. The molecule has 0 spiro atoms. The number of fused-ring (bicyclic) bond motifs is 3. The standard InChI is InChI=1S/C20H16FN3O/c21-14-5-7-19-17(10-14)16-9-13(4-6-18(16)24-19)20(25)23-15-3-1-2-12(8-15)11-22/h1-3,5,7-8,10,13,24H,4,6,9H2,(H,23,25). The van der Waals surface area contributed by atoms with Gasteiger partial charge in [0.1, 0.15) is 5.82 Å². The number of nitrogens with one attached hydrogen (secondary N) is 2. The zero-order valence-electron chi connectivity index (χ0n) is 13.5. The van der Waals surface area contributed by atoms with E-state index in [1.807, 2.05) is 0 Å². The smallest absolute Gasteiger partial charge is 0.227 e. The maximum atomic E-state index is 13.6. The molecule has 1 aliphatic carbocycles. The molecule has 0 saturated carbocycles. The van der Waals surface area contributed by atoms with E-state index in [0.717, 1.165) is 35.0 Å². The van der Waals surface area contributed by atoms with Crippen LogP contribution in [0.2, 0.25) is 0 Å². The number of carbonyl (C=O) groups is 1. The highest BCUT2D eigenvalue weighted by Gasteiger charge is 2.27. The predicted octanol–water partition coefficient (Wildman–Crippen LogP) is 3.92. The van der Waals surface area contributed by atoms with Crippen molar-refractivity contribution in [1.82, 2.24) is 4.98 Å². The van der Waals surface area contributed by atoms with E-state index in [1.54, 1.807) is 30.3 Å². The third-order valence-corrected chi connectivity index (χ3v) is 4.78. The van der Waals surface area contributed by atoms with E-state index in [-0.39, 0.29) is 17.6 Å². The maximum Gasteiger partial charge on any atom is 0.227 e. The molecule has 4 nitrogen and oxygen atoms in total. The van der Waals surface area contributed by atoms with Gasteiger partial charge < -0.3 is 10.3 Å². The monoisotopic (exact) mass is 333 g/mol. The first-order valence-electron chi connectivity index (χ1n) is 8.24. The molecule has 1 atom stereocenters. The van der Waals surface area contributed by atoms with Gasteiger partial charge in [0.25, 0.3) is 0 Å². The van der Waals surface area contributed by atoms with Crippen LogP contribution in [0.5, 0.6) is 0 Å². The average Bonchev–Trinajstić information content (AvgIpc) is 2.99. The Hall–Kier alpha value is -3.13. The number of anilines is 1. The summed E-state index contributed by atoms with van der Waals surface area (Å²) in [6, 6.07) is 13.7. The topological polar surface area (TPSA) is 68.7 Å². The van der Waals surface area contributed by atoms with Crippen molar-refractivity contribution in [2.75, 3.05) is 5.32 Å². The molecule has 0 radical (unpaired) electrons. The average molecular weight is 333 g/mol. The number of hydrogen-bond acceptors (Lipinski definition) is 2. The maximum absolute atomic E-state index is 13.6. The quantitative estimate of drug-likeness (QED) is 0.746. The summed E-state index contributed by atoms with van der Waals surface area (Å²) in [5, 5.41) is 12.7. The van der Waals surface area contributed by atoms with Crippen LogP contribution in [0.1, 0.15) is 23.2 Å². The Morgan fingerprint density at radius 2 is 2.16 bits per heavy atom. The molecule has 4 rings (SSSR count). The van der Waals surface area contributed by atoms with Crippen LogP contribution in [-0.4, -0.2) is 10.9 Å². The summed E-state index contributed by atoms with van der Waals surface area (Å²) in [6.07, 6.45) is 2.09. The number of rotatable bonds is 2. The van der Waals surface area contributed by atoms with Crippen molar-refractivity contribution in [3.63, 3.8) is 0 Å². The highest BCUT2D eigenvalue weighted by Crippen LogP contribution is 2.32. The number of nitrogens with zero attached hydrogens (tertiary/aromatic N) is 1. The molecule has 1 unspecified atom stereocenters. The molecule has 2 aromatic carbocycles. The molecule has 0 bridgehead atoms. The summed E-state index contributed by atoms with van der Waals surface area (Å²) in [6.45, 7) is 0. The zero-order valence-corrected chi connectivity index (χ0v) is 13.5. The number of aryl methyl sites for hydroxylation is 1. The van der Waals surface area contributed by atoms with Gasteiger partial charge >= 0.3 is 0 Å². The molecule has 0 saturated heterocycles. The van der Waals surface area contributed by atoms with Gasteiger partial charge in [-0.05, 0) is 61.2 Å². The fourth-order valence-electron chi connectivity index (χ4n) is 3.52. The largest absolute Gasteiger partial charge is 0.358 e. The second-order valence-corrected chi connectivity index (χ2v) is 6.39. The van der Waals surface area contributed by atoms with Gasteiger partial charge in [0.2, 0.25) is 5.91 Å². The van der Waals surface area contributed by atoms with Crippen LogP contribution in [0.4, 0.5) is 10.1 Å². The normalized spacial score (nSPS) is 16.2. The van der Waals surface area contributed by atoms with Gasteiger partial charge in [0, 0.05) is 28.2 Å². The minimum atomic E-state index is -0.269.